The minimum absolute atomic E-state index is 0.279. The van der Waals surface area contributed by atoms with Gasteiger partial charge in [0.25, 0.3) is 0 Å². The first kappa shape index (κ1) is 15.3. The van der Waals surface area contributed by atoms with Crippen molar-refractivity contribution in [2.24, 2.45) is 29.6 Å². The smallest absolute Gasteiger partial charge is 0.0672 e. The molecule has 3 saturated carbocycles. The molecule has 118 valence electrons. The highest BCUT2D eigenvalue weighted by molar-refractivity contribution is 4.98. The normalized spacial score (nSPS) is 42.4. The molecule has 6 atom stereocenters. The van der Waals surface area contributed by atoms with Gasteiger partial charge in [-0.3, -0.25) is 0 Å². The highest BCUT2D eigenvalue weighted by Gasteiger charge is 2.41. The molecule has 6 unspecified atom stereocenters. The van der Waals surface area contributed by atoms with Crippen molar-refractivity contribution in [3.05, 3.63) is 0 Å². The lowest BCUT2D eigenvalue weighted by Gasteiger charge is -2.40. The van der Waals surface area contributed by atoms with Crippen LogP contribution in [0.5, 0.6) is 0 Å². The number of nitrogens with zero attached hydrogens (tertiary/aromatic N) is 2. The van der Waals surface area contributed by atoms with E-state index in [-0.39, 0.29) is 5.92 Å². The van der Waals surface area contributed by atoms with E-state index in [4.69, 9.17) is 0 Å². The maximum Gasteiger partial charge on any atom is 0.0672 e. The van der Waals surface area contributed by atoms with Crippen molar-refractivity contribution < 1.29 is 0 Å². The molecule has 0 saturated heterocycles. The van der Waals surface area contributed by atoms with E-state index in [1.54, 1.807) is 0 Å². The van der Waals surface area contributed by atoms with Gasteiger partial charge < -0.3 is 4.90 Å². The Morgan fingerprint density at radius 2 is 1.95 bits per heavy atom. The van der Waals surface area contributed by atoms with Gasteiger partial charge in [-0.25, -0.2) is 0 Å². The van der Waals surface area contributed by atoms with E-state index in [1.165, 1.54) is 57.9 Å². The molecule has 3 aliphatic rings. The van der Waals surface area contributed by atoms with Crippen LogP contribution in [0.4, 0.5) is 0 Å². The van der Waals surface area contributed by atoms with Crippen LogP contribution in [0.15, 0.2) is 0 Å². The zero-order valence-corrected chi connectivity index (χ0v) is 13.9. The molecule has 2 heteroatoms. The summed E-state index contributed by atoms with van der Waals surface area (Å²) in [6.45, 7) is 3.55. The summed E-state index contributed by atoms with van der Waals surface area (Å²) in [5.41, 5.74) is 0. The summed E-state index contributed by atoms with van der Waals surface area (Å²) < 4.78 is 0. The van der Waals surface area contributed by atoms with Gasteiger partial charge in [0, 0.05) is 12.6 Å². The zero-order valence-electron chi connectivity index (χ0n) is 13.9. The monoisotopic (exact) mass is 288 g/mol. The van der Waals surface area contributed by atoms with Crippen LogP contribution in [-0.4, -0.2) is 24.5 Å². The van der Waals surface area contributed by atoms with E-state index in [0.717, 1.165) is 30.1 Å². The van der Waals surface area contributed by atoms with Gasteiger partial charge in [0.2, 0.25) is 0 Å². The molecule has 2 nitrogen and oxygen atoms in total. The Labute approximate surface area is 130 Å². The Bertz CT molecular complexity index is 386. The number of hydrogen-bond acceptors (Lipinski definition) is 2. The van der Waals surface area contributed by atoms with Gasteiger partial charge in [-0.1, -0.05) is 26.2 Å². The first-order chi connectivity index (χ1) is 10.2. The van der Waals surface area contributed by atoms with E-state index >= 15 is 0 Å². The highest BCUT2D eigenvalue weighted by Crippen LogP contribution is 2.48. The van der Waals surface area contributed by atoms with Crippen molar-refractivity contribution in [1.29, 1.82) is 5.26 Å². The van der Waals surface area contributed by atoms with Crippen molar-refractivity contribution >= 4 is 0 Å². The third-order valence-corrected chi connectivity index (χ3v) is 6.76. The predicted molar refractivity (Wildman–Crippen MR) is 86.7 cm³/mol. The molecule has 0 aliphatic heterocycles. The minimum Gasteiger partial charge on any atom is -0.302 e. The summed E-state index contributed by atoms with van der Waals surface area (Å²) in [5.74, 6) is 4.13. The SMILES string of the molecule is CCCC1CCC(C#N)C(N(C)CC2CC3CCC2C3)C1. The summed E-state index contributed by atoms with van der Waals surface area (Å²) in [6.07, 6.45) is 12.3. The molecule has 3 rings (SSSR count). The summed E-state index contributed by atoms with van der Waals surface area (Å²) in [4.78, 5) is 2.58. The van der Waals surface area contributed by atoms with E-state index in [9.17, 15) is 5.26 Å². The third kappa shape index (κ3) is 3.29. The van der Waals surface area contributed by atoms with Crippen LogP contribution >= 0.6 is 0 Å². The van der Waals surface area contributed by atoms with Crippen LogP contribution in [0, 0.1) is 40.9 Å². The van der Waals surface area contributed by atoms with Crippen molar-refractivity contribution in [1.82, 2.24) is 4.90 Å². The van der Waals surface area contributed by atoms with Crippen LogP contribution in [-0.2, 0) is 0 Å². The van der Waals surface area contributed by atoms with Crippen LogP contribution in [0.1, 0.15) is 64.7 Å². The van der Waals surface area contributed by atoms with E-state index in [0.29, 0.717) is 6.04 Å². The molecule has 0 heterocycles. The Kier molecular flexibility index (Phi) is 4.89. The standard InChI is InChI=1S/C19H32N2/c1-3-4-14-5-8-17(12-20)19(11-14)21(2)13-18-10-15-6-7-16(18)9-15/h14-19H,3-11,13H2,1-2H3. The topological polar surface area (TPSA) is 27.0 Å². The second kappa shape index (κ2) is 6.69. The van der Waals surface area contributed by atoms with Crippen LogP contribution in [0.3, 0.4) is 0 Å². The largest absolute Gasteiger partial charge is 0.302 e. The van der Waals surface area contributed by atoms with Gasteiger partial charge in [0.1, 0.15) is 0 Å². The molecule has 0 spiro atoms. The Morgan fingerprint density at radius 3 is 2.57 bits per heavy atom. The molecule has 3 aliphatic carbocycles. The second-order valence-electron chi connectivity index (χ2n) is 8.15. The van der Waals surface area contributed by atoms with Crippen LogP contribution in [0.2, 0.25) is 0 Å². The molecular weight excluding hydrogens is 256 g/mol. The van der Waals surface area contributed by atoms with Gasteiger partial charge in [0.05, 0.1) is 12.0 Å². The van der Waals surface area contributed by atoms with Crippen molar-refractivity contribution in [2.45, 2.75) is 70.8 Å². The summed E-state index contributed by atoms with van der Waals surface area (Å²) >= 11 is 0. The highest BCUT2D eigenvalue weighted by atomic mass is 15.1. The van der Waals surface area contributed by atoms with Gasteiger partial charge >= 0.3 is 0 Å². The summed E-state index contributed by atoms with van der Waals surface area (Å²) in [6, 6.07) is 3.14. The molecular formula is C19H32N2. The Hall–Kier alpha value is -0.550. The van der Waals surface area contributed by atoms with Crippen molar-refractivity contribution in [3.8, 4) is 6.07 Å². The van der Waals surface area contributed by atoms with Gasteiger partial charge in [-0.15, -0.1) is 0 Å². The molecule has 0 aromatic rings. The Balaban J connectivity index is 1.58. The molecule has 2 bridgehead atoms. The van der Waals surface area contributed by atoms with Crippen LogP contribution in [0.25, 0.3) is 0 Å². The first-order valence-corrected chi connectivity index (χ1v) is 9.31. The molecule has 0 N–H and O–H groups in total. The predicted octanol–water partition coefficient (Wildman–Crippen LogP) is 4.46. The number of nitriles is 1. The average Bonchev–Trinajstić information content (AvgIpc) is 3.10. The number of rotatable bonds is 5. The third-order valence-electron chi connectivity index (χ3n) is 6.76. The fourth-order valence-corrected chi connectivity index (χ4v) is 5.64. The molecule has 0 radical (unpaired) electrons. The van der Waals surface area contributed by atoms with E-state index in [2.05, 4.69) is 24.9 Å². The number of hydrogen-bond donors (Lipinski definition) is 0. The lowest BCUT2D eigenvalue weighted by molar-refractivity contribution is 0.0951. The first-order valence-electron chi connectivity index (χ1n) is 9.31. The minimum atomic E-state index is 0.279. The van der Waals surface area contributed by atoms with E-state index in [1.807, 2.05) is 0 Å². The fraction of sp³-hybridized carbons (Fsp3) is 0.947. The van der Waals surface area contributed by atoms with Gasteiger partial charge in [-0.05, 0) is 69.2 Å². The quantitative estimate of drug-likeness (QED) is 0.746. The van der Waals surface area contributed by atoms with Crippen molar-refractivity contribution in [2.75, 3.05) is 13.6 Å². The lowest BCUT2D eigenvalue weighted by atomic mass is 9.76. The molecule has 21 heavy (non-hydrogen) atoms. The lowest BCUT2D eigenvalue weighted by Crippen LogP contribution is -2.44. The van der Waals surface area contributed by atoms with Crippen molar-refractivity contribution in [3.63, 3.8) is 0 Å². The summed E-state index contributed by atoms with van der Waals surface area (Å²) in [7, 11) is 2.30. The van der Waals surface area contributed by atoms with Gasteiger partial charge in [-0.2, -0.15) is 5.26 Å². The second-order valence-corrected chi connectivity index (χ2v) is 8.15. The maximum atomic E-state index is 9.52. The summed E-state index contributed by atoms with van der Waals surface area (Å²) in [5, 5.41) is 9.52. The zero-order chi connectivity index (χ0) is 14.8. The van der Waals surface area contributed by atoms with E-state index < -0.39 is 0 Å². The maximum absolute atomic E-state index is 9.52. The molecule has 0 aromatic heterocycles. The average molecular weight is 288 g/mol. The van der Waals surface area contributed by atoms with Crippen LogP contribution < -0.4 is 0 Å². The molecule has 3 fully saturated rings. The Morgan fingerprint density at radius 1 is 1.10 bits per heavy atom. The molecule has 0 amide bonds. The molecule has 0 aromatic carbocycles. The fourth-order valence-electron chi connectivity index (χ4n) is 5.64. The van der Waals surface area contributed by atoms with Gasteiger partial charge in [0.15, 0.2) is 0 Å². The number of fused-ring (bicyclic) bond motifs is 2.